The van der Waals surface area contributed by atoms with E-state index in [-0.39, 0.29) is 0 Å². The fourth-order valence-electron chi connectivity index (χ4n) is 5.56. The molecule has 0 amide bonds. The van der Waals surface area contributed by atoms with Gasteiger partial charge in [0.2, 0.25) is 0 Å². The summed E-state index contributed by atoms with van der Waals surface area (Å²) in [7, 11) is 0. The Labute approximate surface area is 254 Å². The third-order valence-corrected chi connectivity index (χ3v) is 21.7. The Morgan fingerprint density at radius 1 is 0.211 bits per heavy atom. The van der Waals surface area contributed by atoms with Crippen LogP contribution < -0.4 is 0 Å². The average molecular weight is 656 g/mol. The monoisotopic (exact) mass is 658 g/mol. The number of hydrogen-bond acceptors (Lipinski definition) is 0. The first-order valence-electron chi connectivity index (χ1n) is 18.4. The second-order valence-corrected chi connectivity index (χ2v) is 25.0. The molecule has 0 nitrogen and oxygen atoms in total. The molecule has 0 saturated heterocycles. The van der Waals surface area contributed by atoms with Crippen LogP contribution in [-0.2, 0) is 0 Å². The van der Waals surface area contributed by atoms with Crippen LogP contribution in [0.5, 0.6) is 0 Å². The molecule has 2 radical (unpaired) electrons. The summed E-state index contributed by atoms with van der Waals surface area (Å²) in [6.07, 6.45) is 35.6. The molecule has 0 N–H and O–H groups in total. The predicted octanol–water partition coefficient (Wildman–Crippen LogP) is 14.4. The molecule has 0 unspecified atom stereocenters. The first-order chi connectivity index (χ1) is 18.7. The van der Waals surface area contributed by atoms with Crippen LogP contribution in [-0.4, -0.2) is 28.7 Å². The van der Waals surface area contributed by atoms with Gasteiger partial charge < -0.3 is 0 Å². The summed E-state index contributed by atoms with van der Waals surface area (Å²) >= 11 is -1.29. The van der Waals surface area contributed by atoms with Gasteiger partial charge in [-0.2, -0.15) is 0 Å². The van der Waals surface area contributed by atoms with Gasteiger partial charge in [0.25, 0.3) is 0 Å². The van der Waals surface area contributed by atoms with E-state index in [1.165, 1.54) is 116 Å². The molecular formula is C36H78Ge2. The van der Waals surface area contributed by atoms with Gasteiger partial charge in [-0.15, -0.1) is 0 Å². The van der Waals surface area contributed by atoms with Gasteiger partial charge in [0.05, 0.1) is 0 Å². The Kier molecular flexibility index (Phi) is 41.3. The predicted molar refractivity (Wildman–Crippen MR) is 185 cm³/mol. The average Bonchev–Trinajstić information content (AvgIpc) is 2.93. The maximum atomic E-state index is 2.33. The van der Waals surface area contributed by atoms with Gasteiger partial charge in [0, 0.05) is 0 Å². The molecule has 0 bridgehead atoms. The standard InChI is InChI=1S/2C18H39Ge/c2*1-4-7-10-13-16-19(17-14-11-8-5-2)18-15-12-9-6-3/h2*4-18H2,1-3H3. The van der Waals surface area contributed by atoms with Crippen LogP contribution in [0.25, 0.3) is 0 Å². The van der Waals surface area contributed by atoms with Crippen LogP contribution in [0.3, 0.4) is 0 Å². The van der Waals surface area contributed by atoms with Crippen molar-refractivity contribution < 1.29 is 0 Å². The first-order valence-corrected chi connectivity index (χ1v) is 27.3. The van der Waals surface area contributed by atoms with Gasteiger partial charge >= 0.3 is 256 Å². The van der Waals surface area contributed by atoms with Crippen LogP contribution in [0.15, 0.2) is 0 Å². The molecule has 0 aromatic rings. The van der Waals surface area contributed by atoms with Crippen LogP contribution in [0.1, 0.15) is 196 Å². The van der Waals surface area contributed by atoms with E-state index in [0.717, 1.165) is 0 Å². The molecule has 0 aliphatic carbocycles. The van der Waals surface area contributed by atoms with E-state index in [9.17, 15) is 0 Å². The van der Waals surface area contributed by atoms with Crippen molar-refractivity contribution in [2.75, 3.05) is 0 Å². The zero-order valence-corrected chi connectivity index (χ0v) is 32.4. The van der Waals surface area contributed by atoms with E-state index in [1.807, 2.05) is 0 Å². The Hall–Kier alpha value is 1.09. The Morgan fingerprint density at radius 2 is 0.368 bits per heavy atom. The van der Waals surface area contributed by atoms with Crippen LogP contribution in [0.4, 0.5) is 0 Å². The van der Waals surface area contributed by atoms with Gasteiger partial charge in [-0.05, 0) is 0 Å². The van der Waals surface area contributed by atoms with E-state index in [2.05, 4.69) is 41.5 Å². The van der Waals surface area contributed by atoms with Crippen molar-refractivity contribution in [2.24, 2.45) is 0 Å². The molecule has 230 valence electrons. The Morgan fingerprint density at radius 3 is 0.500 bits per heavy atom. The van der Waals surface area contributed by atoms with Gasteiger partial charge in [-0.25, -0.2) is 0 Å². The van der Waals surface area contributed by atoms with Gasteiger partial charge in [-0.1, -0.05) is 0 Å². The summed E-state index contributed by atoms with van der Waals surface area (Å²) in [5.74, 6) is 0. The molecule has 0 saturated carbocycles. The van der Waals surface area contributed by atoms with Crippen molar-refractivity contribution in [3.8, 4) is 0 Å². The fraction of sp³-hybridized carbons (Fsp3) is 1.00. The second-order valence-electron chi connectivity index (χ2n) is 12.4. The molecule has 0 heterocycles. The molecule has 0 atom stereocenters. The van der Waals surface area contributed by atoms with Crippen molar-refractivity contribution in [3.05, 3.63) is 0 Å². The molecule has 0 aromatic heterocycles. The van der Waals surface area contributed by atoms with Gasteiger partial charge in [0.1, 0.15) is 0 Å². The van der Waals surface area contributed by atoms with E-state index in [0.29, 0.717) is 0 Å². The van der Waals surface area contributed by atoms with E-state index < -0.39 is 28.7 Å². The third-order valence-electron chi connectivity index (χ3n) is 8.30. The van der Waals surface area contributed by atoms with Crippen molar-refractivity contribution in [3.63, 3.8) is 0 Å². The molecular weight excluding hydrogens is 578 g/mol. The third kappa shape index (κ3) is 35.1. The zero-order valence-electron chi connectivity index (χ0n) is 28.2. The number of hydrogen-bond donors (Lipinski definition) is 0. The Bertz CT molecular complexity index is 290. The summed E-state index contributed by atoms with van der Waals surface area (Å²) < 4.78 is 0. The molecule has 0 spiro atoms. The molecule has 0 aromatic carbocycles. The molecule has 0 aliphatic rings. The summed E-state index contributed by atoms with van der Waals surface area (Å²) in [6.45, 7) is 14.0. The van der Waals surface area contributed by atoms with Gasteiger partial charge in [0.15, 0.2) is 0 Å². The normalized spacial score (nSPS) is 11.4. The molecule has 2 heteroatoms. The summed E-state index contributed by atoms with van der Waals surface area (Å²) in [5, 5.41) is 10.1. The quantitative estimate of drug-likeness (QED) is 0.0533. The van der Waals surface area contributed by atoms with Crippen molar-refractivity contribution in [1.82, 2.24) is 0 Å². The minimum absolute atomic E-state index is 0.643. The van der Waals surface area contributed by atoms with Crippen LogP contribution in [0, 0.1) is 0 Å². The van der Waals surface area contributed by atoms with Gasteiger partial charge in [-0.3, -0.25) is 0 Å². The van der Waals surface area contributed by atoms with E-state index >= 15 is 0 Å². The maximum absolute atomic E-state index is 2.33. The van der Waals surface area contributed by atoms with Crippen molar-refractivity contribution in [2.45, 2.75) is 227 Å². The topological polar surface area (TPSA) is 0 Å². The van der Waals surface area contributed by atoms with Crippen molar-refractivity contribution in [1.29, 1.82) is 0 Å². The second kappa shape index (κ2) is 38.1. The molecule has 0 aliphatic heterocycles. The number of unbranched alkanes of at least 4 members (excludes halogenated alkanes) is 18. The van der Waals surface area contributed by atoms with E-state index in [4.69, 9.17) is 0 Å². The van der Waals surface area contributed by atoms with Crippen LogP contribution >= 0.6 is 0 Å². The summed E-state index contributed by atoms with van der Waals surface area (Å²) in [6, 6.07) is 0. The molecule has 38 heavy (non-hydrogen) atoms. The molecule has 0 fully saturated rings. The fourth-order valence-corrected chi connectivity index (χ4v) is 18.1. The number of rotatable bonds is 30. The molecule has 0 rings (SSSR count). The zero-order chi connectivity index (χ0) is 28.4. The van der Waals surface area contributed by atoms with Crippen LogP contribution in [0.2, 0.25) is 31.5 Å². The summed E-state index contributed by atoms with van der Waals surface area (Å²) in [4.78, 5) is 0. The first kappa shape index (κ1) is 41.2. The van der Waals surface area contributed by atoms with Crippen molar-refractivity contribution >= 4 is 28.7 Å². The summed E-state index contributed by atoms with van der Waals surface area (Å²) in [5.41, 5.74) is 0. The minimum atomic E-state index is -0.643. The van der Waals surface area contributed by atoms with E-state index in [1.54, 1.807) is 70.0 Å². The Balaban J connectivity index is 0. The SMILES string of the molecule is CCCCC[CH2][Ge]([CH2]CCCCC)[CH2]CCCCC.CCCCC[CH2][Ge]([CH2]CCCCC)[CH2]CCCCC.